The number of carbonyl (C=O) groups is 2. The van der Waals surface area contributed by atoms with E-state index in [0.29, 0.717) is 25.7 Å². The molecule has 7 nitrogen and oxygen atoms in total. The fourth-order valence-corrected chi connectivity index (χ4v) is 8.11. The van der Waals surface area contributed by atoms with Gasteiger partial charge in [-0.3, -0.25) is 0 Å². The number of cyclic esters (lactones) is 1. The lowest BCUT2D eigenvalue weighted by Gasteiger charge is -2.41. The van der Waals surface area contributed by atoms with Gasteiger partial charge in [-0.05, 0) is 86.3 Å². The highest BCUT2D eigenvalue weighted by molar-refractivity contribution is 14.1. The van der Waals surface area contributed by atoms with Crippen LogP contribution < -0.4 is 5.73 Å². The van der Waals surface area contributed by atoms with Gasteiger partial charge in [0.1, 0.15) is 18.3 Å². The number of carbonyl (C=O) groups excluding carboxylic acids is 2. The SMILES string of the molecule is CC(/C=C/I)=C\[C@@H](C)[C@H]1C/C(C)=C/C=C/CC[C@H](OC(N)=O)C(O[Si](C)(C)C(C)(C)C)/C=C/[C@@H](O[Si](C)(C)C(C)(C)C)CCC/C=C/C(=O)O1. The van der Waals surface area contributed by atoms with E-state index in [-0.39, 0.29) is 34.2 Å². The Balaban J connectivity index is 3.64. The Morgan fingerprint density at radius 2 is 1.62 bits per heavy atom. The fraction of sp³-hybridized carbons (Fsp3) is 0.650. The third kappa shape index (κ3) is 17.2. The summed E-state index contributed by atoms with van der Waals surface area (Å²) < 4.78 is 27.7. The highest BCUT2D eigenvalue weighted by Crippen LogP contribution is 2.40. The number of allylic oxidation sites excluding steroid dienone is 6. The van der Waals surface area contributed by atoms with Crippen molar-refractivity contribution in [3.8, 4) is 0 Å². The molecule has 1 heterocycles. The minimum absolute atomic E-state index is 0.0229. The molecule has 0 radical (unpaired) electrons. The lowest BCUT2D eigenvalue weighted by Crippen LogP contribution is -2.48. The van der Waals surface area contributed by atoms with E-state index in [2.05, 4.69) is 135 Å². The molecule has 1 aliphatic heterocycles. The second kappa shape index (κ2) is 21.1. The number of primary amides is 1. The number of esters is 1. The monoisotopic (exact) mass is 841 g/mol. The molecular formula is C40H68INO6Si2. The van der Waals surface area contributed by atoms with Gasteiger partial charge in [0.05, 0.1) is 6.10 Å². The fourth-order valence-electron chi connectivity index (χ4n) is 4.97. The molecule has 10 heteroatoms. The summed E-state index contributed by atoms with van der Waals surface area (Å²) in [6.07, 6.45) is 19.7. The average Bonchev–Trinajstić information content (AvgIpc) is 2.95. The first-order valence-corrected chi connectivity index (χ1v) is 25.2. The van der Waals surface area contributed by atoms with Crippen molar-refractivity contribution in [2.24, 2.45) is 11.7 Å². The molecule has 0 aromatic carbocycles. The van der Waals surface area contributed by atoms with E-state index in [1.54, 1.807) is 6.08 Å². The predicted molar refractivity (Wildman–Crippen MR) is 223 cm³/mol. The van der Waals surface area contributed by atoms with Crippen LogP contribution in [0.4, 0.5) is 4.79 Å². The molecule has 0 saturated carbocycles. The van der Waals surface area contributed by atoms with Crippen LogP contribution in [0.2, 0.25) is 36.3 Å². The van der Waals surface area contributed by atoms with E-state index < -0.39 is 34.9 Å². The molecule has 50 heavy (non-hydrogen) atoms. The summed E-state index contributed by atoms with van der Waals surface area (Å²) in [5.41, 5.74) is 7.86. The largest absolute Gasteiger partial charge is 0.458 e. The first kappa shape index (κ1) is 46.3. The lowest BCUT2D eigenvalue weighted by molar-refractivity contribution is -0.144. The third-order valence-electron chi connectivity index (χ3n) is 10.1. The van der Waals surface area contributed by atoms with Crippen molar-refractivity contribution < 1.29 is 27.9 Å². The predicted octanol–water partition coefficient (Wildman–Crippen LogP) is 11.6. The molecule has 0 aromatic rings. The lowest BCUT2D eigenvalue weighted by atomic mass is 9.95. The van der Waals surface area contributed by atoms with Gasteiger partial charge in [0.25, 0.3) is 0 Å². The van der Waals surface area contributed by atoms with E-state index in [1.807, 2.05) is 28.4 Å². The molecule has 0 saturated heterocycles. The molecule has 0 bridgehead atoms. The van der Waals surface area contributed by atoms with Gasteiger partial charge in [0.15, 0.2) is 16.6 Å². The van der Waals surface area contributed by atoms with Crippen molar-refractivity contribution in [3.05, 3.63) is 69.9 Å². The molecule has 284 valence electrons. The normalized spacial score (nSPS) is 27.0. The number of rotatable bonds is 8. The molecule has 1 unspecified atom stereocenters. The van der Waals surface area contributed by atoms with Gasteiger partial charge >= 0.3 is 12.1 Å². The standard InChI is InChI=1S/C40H68INO6Si2/c1-30-20-16-14-18-22-34(46-38(42)44)35(48-50(12,13)40(7,8)9)25-24-33(47-49(10,11)39(4,5)6)21-17-15-19-23-37(43)45-36(29-30)32(3)28-31(2)26-27-41/h14,16,19-20,23-28,32-36H,15,17-18,21-22,29H2,1-13H3,(H2,42,44)/b16-14+,23-19+,25-24+,27-26+,30-20+,31-28+/t32-,33+,34+,35?,36-/m1/s1. The molecule has 1 amide bonds. The van der Waals surface area contributed by atoms with Gasteiger partial charge in [-0.25, -0.2) is 9.59 Å². The smallest absolute Gasteiger partial charge is 0.404 e. The Kier molecular flexibility index (Phi) is 19.5. The number of nitrogens with two attached hydrogens (primary N) is 1. The van der Waals surface area contributed by atoms with E-state index in [9.17, 15) is 9.59 Å². The van der Waals surface area contributed by atoms with E-state index in [0.717, 1.165) is 24.0 Å². The van der Waals surface area contributed by atoms with E-state index in [1.165, 1.54) is 0 Å². The van der Waals surface area contributed by atoms with Gasteiger partial charge < -0.3 is 24.1 Å². The summed E-state index contributed by atoms with van der Waals surface area (Å²) in [6.45, 7) is 28.4. The van der Waals surface area contributed by atoms with Crippen molar-refractivity contribution in [3.63, 3.8) is 0 Å². The highest BCUT2D eigenvalue weighted by Gasteiger charge is 2.42. The van der Waals surface area contributed by atoms with Crippen molar-refractivity contribution >= 4 is 51.3 Å². The van der Waals surface area contributed by atoms with Crippen LogP contribution in [0.15, 0.2) is 69.9 Å². The summed E-state index contributed by atoms with van der Waals surface area (Å²) >= 11 is 2.21. The first-order chi connectivity index (χ1) is 23.0. The Morgan fingerprint density at radius 3 is 2.20 bits per heavy atom. The molecule has 0 spiro atoms. The second-order valence-electron chi connectivity index (χ2n) is 16.7. The van der Waals surface area contributed by atoms with Crippen molar-refractivity contribution in [2.45, 2.75) is 162 Å². The molecular weight excluding hydrogens is 774 g/mol. The van der Waals surface area contributed by atoms with Gasteiger partial charge in [0.2, 0.25) is 0 Å². The summed E-state index contributed by atoms with van der Waals surface area (Å²) in [5, 5.41) is -0.0281. The topological polar surface area (TPSA) is 97.1 Å². The van der Waals surface area contributed by atoms with Crippen LogP contribution in [0.25, 0.3) is 0 Å². The minimum Gasteiger partial charge on any atom is -0.458 e. The molecule has 1 aliphatic rings. The van der Waals surface area contributed by atoms with Gasteiger partial charge in [-0.2, -0.15) is 0 Å². The average molecular weight is 842 g/mol. The van der Waals surface area contributed by atoms with Gasteiger partial charge in [0, 0.05) is 18.4 Å². The number of ether oxygens (including phenoxy) is 2. The first-order valence-electron chi connectivity index (χ1n) is 18.1. The zero-order chi connectivity index (χ0) is 38.3. The van der Waals surface area contributed by atoms with Crippen molar-refractivity contribution in [1.29, 1.82) is 0 Å². The second-order valence-corrected chi connectivity index (χ2v) is 26.9. The Hall–Kier alpha value is -1.74. The molecule has 5 atom stereocenters. The maximum absolute atomic E-state index is 13.0. The maximum atomic E-state index is 13.0. The Morgan fingerprint density at radius 1 is 1.00 bits per heavy atom. The number of hydrogen-bond acceptors (Lipinski definition) is 6. The summed E-state index contributed by atoms with van der Waals surface area (Å²) in [5.74, 6) is -0.301. The third-order valence-corrected chi connectivity index (χ3v) is 19.5. The highest BCUT2D eigenvalue weighted by atomic mass is 127. The van der Waals surface area contributed by atoms with E-state index in [4.69, 9.17) is 24.1 Å². The molecule has 0 aromatic heterocycles. The van der Waals surface area contributed by atoms with Crippen LogP contribution in [0.5, 0.6) is 0 Å². The number of hydrogen-bond donors (Lipinski definition) is 1. The number of amides is 1. The summed E-state index contributed by atoms with van der Waals surface area (Å²) in [6, 6.07) is 0. The van der Waals surface area contributed by atoms with Crippen LogP contribution in [-0.2, 0) is 23.1 Å². The maximum Gasteiger partial charge on any atom is 0.404 e. The van der Waals surface area contributed by atoms with Crippen molar-refractivity contribution in [2.75, 3.05) is 0 Å². The zero-order valence-corrected chi connectivity index (χ0v) is 37.5. The summed E-state index contributed by atoms with van der Waals surface area (Å²) in [7, 11) is -4.42. The van der Waals surface area contributed by atoms with Crippen LogP contribution in [0, 0.1) is 5.92 Å². The quantitative estimate of drug-likeness (QED) is 0.0859. The minimum atomic E-state index is -2.28. The molecule has 2 N–H and O–H groups in total. The zero-order valence-electron chi connectivity index (χ0n) is 33.3. The van der Waals surface area contributed by atoms with Crippen molar-refractivity contribution in [1.82, 2.24) is 0 Å². The van der Waals surface area contributed by atoms with Crippen LogP contribution >= 0.6 is 22.6 Å². The Labute approximate surface area is 320 Å². The van der Waals surface area contributed by atoms with Crippen LogP contribution in [0.1, 0.15) is 101 Å². The summed E-state index contributed by atoms with van der Waals surface area (Å²) in [4.78, 5) is 25.2. The van der Waals surface area contributed by atoms with E-state index >= 15 is 0 Å². The molecule has 0 aliphatic carbocycles. The Bertz CT molecular complexity index is 1270. The van der Waals surface area contributed by atoms with Gasteiger partial charge in [-0.1, -0.05) is 131 Å². The molecule has 0 fully saturated rings. The number of halogens is 1. The van der Waals surface area contributed by atoms with Gasteiger partial charge in [-0.15, -0.1) is 0 Å². The van der Waals surface area contributed by atoms with Crippen LogP contribution in [0.3, 0.4) is 0 Å². The molecule has 1 rings (SSSR count). The van der Waals surface area contributed by atoms with Crippen LogP contribution in [-0.4, -0.2) is 53.1 Å².